The fraction of sp³-hybridized carbons (Fsp3) is 0.400. The predicted octanol–water partition coefficient (Wildman–Crippen LogP) is 2.82. The number of amides is 2. The van der Waals surface area contributed by atoms with Crippen LogP contribution in [0.15, 0.2) is 53.1 Å². The number of carbonyl (C=O) groups excluding carboxylic acids is 2. The first kappa shape index (κ1) is 17.3. The van der Waals surface area contributed by atoms with Crippen molar-refractivity contribution in [2.24, 2.45) is 0 Å². The molecule has 132 valence electrons. The first-order valence-corrected chi connectivity index (χ1v) is 8.62. The summed E-state index contributed by atoms with van der Waals surface area (Å²) in [5.74, 6) is 0.914. The van der Waals surface area contributed by atoms with Crippen molar-refractivity contribution in [2.45, 2.75) is 31.7 Å². The van der Waals surface area contributed by atoms with Crippen molar-refractivity contribution in [1.82, 2.24) is 9.80 Å². The Labute approximate surface area is 148 Å². The second-order valence-electron chi connectivity index (χ2n) is 6.69. The van der Waals surface area contributed by atoms with Gasteiger partial charge in [0.15, 0.2) is 0 Å². The van der Waals surface area contributed by atoms with Crippen molar-refractivity contribution in [3.05, 3.63) is 60.1 Å². The fourth-order valence-corrected chi connectivity index (χ4v) is 3.66. The van der Waals surface area contributed by atoms with E-state index in [1.54, 1.807) is 18.1 Å². The maximum absolute atomic E-state index is 13.4. The van der Waals surface area contributed by atoms with Gasteiger partial charge in [0, 0.05) is 27.1 Å². The molecule has 0 saturated carbocycles. The highest BCUT2D eigenvalue weighted by atomic mass is 16.3. The molecular weight excluding hydrogens is 316 g/mol. The second kappa shape index (κ2) is 7.13. The lowest BCUT2D eigenvalue weighted by atomic mass is 9.71. The van der Waals surface area contributed by atoms with Crippen LogP contribution >= 0.6 is 0 Å². The molecule has 0 spiro atoms. The minimum atomic E-state index is -0.589. The van der Waals surface area contributed by atoms with Crippen LogP contribution in [0.25, 0.3) is 0 Å². The SMILES string of the molecule is CC(=O)N1CCC(C(=O)N(C)Cc2ccco2)(c2ccccc2)CC1. The van der Waals surface area contributed by atoms with Crippen LogP contribution < -0.4 is 0 Å². The van der Waals surface area contributed by atoms with Crippen molar-refractivity contribution in [3.8, 4) is 0 Å². The van der Waals surface area contributed by atoms with E-state index in [9.17, 15) is 9.59 Å². The minimum Gasteiger partial charge on any atom is -0.467 e. The Morgan fingerprint density at radius 1 is 1.12 bits per heavy atom. The Morgan fingerprint density at radius 2 is 1.80 bits per heavy atom. The third-order valence-corrected chi connectivity index (χ3v) is 5.12. The fourth-order valence-electron chi connectivity index (χ4n) is 3.66. The molecule has 2 amide bonds. The summed E-state index contributed by atoms with van der Waals surface area (Å²) in [5.41, 5.74) is 0.434. The maximum Gasteiger partial charge on any atom is 0.233 e. The number of likely N-dealkylation sites (N-methyl/N-ethyl adjacent to an activating group) is 1. The van der Waals surface area contributed by atoms with Gasteiger partial charge in [-0.25, -0.2) is 0 Å². The van der Waals surface area contributed by atoms with E-state index in [1.807, 2.05) is 54.4 Å². The second-order valence-corrected chi connectivity index (χ2v) is 6.69. The molecule has 25 heavy (non-hydrogen) atoms. The van der Waals surface area contributed by atoms with E-state index in [1.165, 1.54) is 0 Å². The average molecular weight is 340 g/mol. The molecule has 1 aliphatic rings. The van der Waals surface area contributed by atoms with Crippen LogP contribution in [0.5, 0.6) is 0 Å². The molecule has 0 radical (unpaired) electrons. The number of piperidine rings is 1. The molecule has 0 bridgehead atoms. The summed E-state index contributed by atoms with van der Waals surface area (Å²) >= 11 is 0. The lowest BCUT2D eigenvalue weighted by Crippen LogP contribution is -2.52. The molecule has 0 atom stereocenters. The normalized spacial score (nSPS) is 16.5. The summed E-state index contributed by atoms with van der Waals surface area (Å²) in [6.07, 6.45) is 2.89. The summed E-state index contributed by atoms with van der Waals surface area (Å²) in [5, 5.41) is 0. The highest BCUT2D eigenvalue weighted by molar-refractivity contribution is 5.88. The molecule has 0 N–H and O–H groups in total. The van der Waals surface area contributed by atoms with Gasteiger partial charge < -0.3 is 14.2 Å². The van der Waals surface area contributed by atoms with Gasteiger partial charge in [-0.2, -0.15) is 0 Å². The number of hydrogen-bond acceptors (Lipinski definition) is 3. The molecule has 2 aromatic rings. The highest BCUT2D eigenvalue weighted by Gasteiger charge is 2.44. The van der Waals surface area contributed by atoms with E-state index in [-0.39, 0.29) is 11.8 Å². The number of carbonyl (C=O) groups is 2. The minimum absolute atomic E-state index is 0.0676. The van der Waals surface area contributed by atoms with Crippen molar-refractivity contribution in [2.75, 3.05) is 20.1 Å². The molecule has 0 unspecified atom stereocenters. The van der Waals surface area contributed by atoms with Crippen LogP contribution in [0.3, 0.4) is 0 Å². The number of hydrogen-bond donors (Lipinski definition) is 0. The van der Waals surface area contributed by atoms with E-state index in [0.717, 1.165) is 11.3 Å². The van der Waals surface area contributed by atoms with Gasteiger partial charge in [0.05, 0.1) is 18.2 Å². The molecule has 1 fully saturated rings. The summed E-state index contributed by atoms with van der Waals surface area (Å²) in [6.45, 7) is 3.23. The van der Waals surface area contributed by atoms with Crippen LogP contribution in [0.1, 0.15) is 31.1 Å². The molecule has 2 heterocycles. The smallest absolute Gasteiger partial charge is 0.233 e. The van der Waals surface area contributed by atoms with Gasteiger partial charge >= 0.3 is 0 Å². The van der Waals surface area contributed by atoms with Gasteiger partial charge in [-0.15, -0.1) is 0 Å². The van der Waals surface area contributed by atoms with E-state index in [0.29, 0.717) is 32.5 Å². The lowest BCUT2D eigenvalue weighted by molar-refractivity contribution is -0.142. The first-order chi connectivity index (χ1) is 12.0. The van der Waals surface area contributed by atoms with Crippen molar-refractivity contribution < 1.29 is 14.0 Å². The van der Waals surface area contributed by atoms with Crippen LogP contribution in [0.4, 0.5) is 0 Å². The molecule has 1 aromatic heterocycles. The Morgan fingerprint density at radius 3 is 2.36 bits per heavy atom. The topological polar surface area (TPSA) is 53.8 Å². The lowest BCUT2D eigenvalue weighted by Gasteiger charge is -2.42. The monoisotopic (exact) mass is 340 g/mol. The van der Waals surface area contributed by atoms with Crippen molar-refractivity contribution >= 4 is 11.8 Å². The molecule has 5 nitrogen and oxygen atoms in total. The molecule has 1 saturated heterocycles. The molecule has 3 rings (SSSR count). The number of benzene rings is 1. The van der Waals surface area contributed by atoms with Gasteiger partial charge in [0.1, 0.15) is 5.76 Å². The van der Waals surface area contributed by atoms with Crippen molar-refractivity contribution in [1.29, 1.82) is 0 Å². The first-order valence-electron chi connectivity index (χ1n) is 8.62. The standard InChI is InChI=1S/C20H24N2O3/c1-16(23)22-12-10-20(11-13-22,17-7-4-3-5-8-17)19(24)21(2)15-18-9-6-14-25-18/h3-9,14H,10-13,15H2,1-2H3. The third kappa shape index (κ3) is 3.45. The summed E-state index contributed by atoms with van der Waals surface area (Å²) < 4.78 is 5.38. The van der Waals surface area contributed by atoms with Gasteiger partial charge in [0.25, 0.3) is 0 Å². The largest absolute Gasteiger partial charge is 0.467 e. The zero-order valence-electron chi connectivity index (χ0n) is 14.8. The molecule has 0 aliphatic carbocycles. The Bertz CT molecular complexity index is 717. The number of furan rings is 1. The predicted molar refractivity (Wildman–Crippen MR) is 94.8 cm³/mol. The zero-order chi connectivity index (χ0) is 17.9. The maximum atomic E-state index is 13.4. The molecule has 1 aromatic carbocycles. The van der Waals surface area contributed by atoms with Gasteiger partial charge in [-0.3, -0.25) is 9.59 Å². The number of nitrogens with zero attached hydrogens (tertiary/aromatic N) is 2. The van der Waals surface area contributed by atoms with Gasteiger partial charge in [-0.05, 0) is 30.5 Å². The van der Waals surface area contributed by atoms with Crippen LogP contribution in [0.2, 0.25) is 0 Å². The van der Waals surface area contributed by atoms with E-state index < -0.39 is 5.41 Å². The summed E-state index contributed by atoms with van der Waals surface area (Å²) in [6, 6.07) is 13.6. The Balaban J connectivity index is 1.86. The summed E-state index contributed by atoms with van der Waals surface area (Å²) in [7, 11) is 1.81. The van der Waals surface area contributed by atoms with E-state index >= 15 is 0 Å². The van der Waals surface area contributed by atoms with E-state index in [2.05, 4.69) is 0 Å². The number of likely N-dealkylation sites (tertiary alicyclic amines) is 1. The van der Waals surface area contributed by atoms with Crippen molar-refractivity contribution in [3.63, 3.8) is 0 Å². The van der Waals surface area contributed by atoms with Gasteiger partial charge in [-0.1, -0.05) is 30.3 Å². The zero-order valence-corrected chi connectivity index (χ0v) is 14.8. The van der Waals surface area contributed by atoms with E-state index in [4.69, 9.17) is 4.42 Å². The third-order valence-electron chi connectivity index (χ3n) is 5.12. The quantitative estimate of drug-likeness (QED) is 0.860. The molecular formula is C20H24N2O3. The summed E-state index contributed by atoms with van der Waals surface area (Å²) in [4.78, 5) is 28.6. The molecule has 5 heteroatoms. The highest BCUT2D eigenvalue weighted by Crippen LogP contribution is 2.37. The van der Waals surface area contributed by atoms with Crippen LogP contribution in [-0.4, -0.2) is 41.8 Å². The Kier molecular flexibility index (Phi) is 4.93. The van der Waals surface area contributed by atoms with Crippen LogP contribution in [0, 0.1) is 0 Å². The average Bonchev–Trinajstić information content (AvgIpc) is 3.14. The van der Waals surface area contributed by atoms with Gasteiger partial charge in [0.2, 0.25) is 11.8 Å². The van der Waals surface area contributed by atoms with Crippen LogP contribution in [-0.2, 0) is 21.5 Å². The Hall–Kier alpha value is -2.56. The number of rotatable bonds is 4. The molecule has 1 aliphatic heterocycles.